The molecule has 10 rings (SSSR count). The molecule has 0 aliphatic rings. The largest absolute Gasteiger partial charge is 0.453 e. The number of anilines is 3. The predicted molar refractivity (Wildman–Crippen MR) is 250 cm³/mol. The van der Waals surface area contributed by atoms with Crippen LogP contribution < -0.4 is 4.90 Å². The monoisotopic (exact) mass is 812 g/mol. The van der Waals surface area contributed by atoms with E-state index in [2.05, 4.69) is 150 Å². The first-order chi connectivity index (χ1) is 30.2. The average molecular weight is 813 g/mol. The molecule has 6 heteroatoms. The smallest absolute Gasteiger partial charge is 0.420 e. The highest BCUT2D eigenvalue weighted by molar-refractivity contribution is 6.09. The van der Waals surface area contributed by atoms with Crippen molar-refractivity contribution in [2.24, 2.45) is 0 Å². The lowest BCUT2D eigenvalue weighted by Gasteiger charge is -2.26. The van der Waals surface area contributed by atoms with Crippen molar-refractivity contribution in [1.82, 2.24) is 4.57 Å². The predicted octanol–water partition coefficient (Wildman–Crippen LogP) is 16.4. The van der Waals surface area contributed by atoms with Crippen molar-refractivity contribution in [2.75, 3.05) is 4.90 Å². The SMILES string of the molecule is C=C(/C=C\c1c(C)c2ccccc2n1-c1cccc2c1oc1c(C(F)(F)F)cccc12)c1ccc(N(c2ccc(-c3ccccc3)cc2)c2ccc(-c3ccccc3)cc2)cc1. The number of halogens is 3. The van der Waals surface area contributed by atoms with Crippen LogP contribution in [0.5, 0.6) is 0 Å². The zero-order valence-electron chi connectivity index (χ0n) is 33.8. The van der Waals surface area contributed by atoms with Gasteiger partial charge < -0.3 is 13.9 Å². The molecule has 0 unspecified atom stereocenters. The molecule has 0 amide bonds. The Morgan fingerprint density at radius 3 is 1.60 bits per heavy atom. The third-order valence-corrected chi connectivity index (χ3v) is 11.6. The summed E-state index contributed by atoms with van der Waals surface area (Å²) in [7, 11) is 0. The molecule has 0 radical (unpaired) electrons. The van der Waals surface area contributed by atoms with Crippen molar-refractivity contribution in [2.45, 2.75) is 13.1 Å². The summed E-state index contributed by atoms with van der Waals surface area (Å²) in [6.45, 7) is 6.53. The van der Waals surface area contributed by atoms with Crippen molar-refractivity contribution < 1.29 is 17.6 Å². The molecule has 3 nitrogen and oxygen atoms in total. The maximum atomic E-state index is 14.1. The van der Waals surface area contributed by atoms with Crippen LogP contribution in [0.3, 0.4) is 0 Å². The van der Waals surface area contributed by atoms with Crippen LogP contribution in [-0.4, -0.2) is 4.57 Å². The van der Waals surface area contributed by atoms with E-state index in [-0.39, 0.29) is 5.58 Å². The zero-order chi connectivity index (χ0) is 42.4. The molecular weight excluding hydrogens is 774 g/mol. The van der Waals surface area contributed by atoms with Crippen molar-refractivity contribution in [3.8, 4) is 27.9 Å². The van der Waals surface area contributed by atoms with Gasteiger partial charge in [-0.2, -0.15) is 13.2 Å². The number of alkyl halides is 3. The molecule has 0 N–H and O–H groups in total. The van der Waals surface area contributed by atoms with Gasteiger partial charge in [0.25, 0.3) is 0 Å². The number of para-hydroxylation sites is 3. The Morgan fingerprint density at radius 2 is 1.02 bits per heavy atom. The Balaban J connectivity index is 1.00. The molecule has 0 saturated heterocycles. The summed E-state index contributed by atoms with van der Waals surface area (Å²) in [5.74, 6) is 0. The first kappa shape index (κ1) is 38.4. The lowest BCUT2D eigenvalue weighted by molar-refractivity contribution is -0.136. The second-order valence-electron chi connectivity index (χ2n) is 15.4. The number of aryl methyl sites for hydroxylation is 1. The van der Waals surface area contributed by atoms with Gasteiger partial charge in [0.2, 0.25) is 0 Å². The fraction of sp³-hybridized carbons (Fsp3) is 0.0357. The number of hydrogen-bond donors (Lipinski definition) is 0. The van der Waals surface area contributed by atoms with Gasteiger partial charge >= 0.3 is 6.18 Å². The van der Waals surface area contributed by atoms with Gasteiger partial charge in [0.05, 0.1) is 16.8 Å². The van der Waals surface area contributed by atoms with E-state index in [1.54, 1.807) is 6.07 Å². The summed E-state index contributed by atoms with van der Waals surface area (Å²) in [6, 6.07) is 64.2. The number of aromatic nitrogens is 1. The van der Waals surface area contributed by atoms with E-state index in [0.717, 1.165) is 78.7 Å². The van der Waals surface area contributed by atoms with Crippen LogP contribution in [0, 0.1) is 6.92 Å². The first-order valence-corrected chi connectivity index (χ1v) is 20.4. The molecule has 300 valence electrons. The summed E-state index contributed by atoms with van der Waals surface area (Å²) >= 11 is 0. The number of furan rings is 1. The zero-order valence-corrected chi connectivity index (χ0v) is 33.8. The fourth-order valence-corrected chi connectivity index (χ4v) is 8.50. The summed E-state index contributed by atoms with van der Waals surface area (Å²) in [5.41, 5.74) is 12.3. The topological polar surface area (TPSA) is 21.3 Å². The van der Waals surface area contributed by atoms with Gasteiger partial charge in [-0.05, 0) is 107 Å². The van der Waals surface area contributed by atoms with Crippen molar-refractivity contribution in [1.29, 1.82) is 0 Å². The number of hydrogen-bond acceptors (Lipinski definition) is 2. The van der Waals surface area contributed by atoms with Gasteiger partial charge in [0.1, 0.15) is 5.58 Å². The van der Waals surface area contributed by atoms with E-state index in [9.17, 15) is 13.2 Å². The average Bonchev–Trinajstić information content (AvgIpc) is 3.84. The number of benzene rings is 8. The molecule has 0 aliphatic carbocycles. The van der Waals surface area contributed by atoms with Crippen LogP contribution in [0.4, 0.5) is 30.2 Å². The van der Waals surface area contributed by atoms with E-state index in [0.29, 0.717) is 22.0 Å². The lowest BCUT2D eigenvalue weighted by Crippen LogP contribution is -2.09. The van der Waals surface area contributed by atoms with E-state index in [1.807, 2.05) is 60.7 Å². The quantitative estimate of drug-likeness (QED) is 0.135. The Kier molecular flexibility index (Phi) is 9.69. The van der Waals surface area contributed by atoms with Gasteiger partial charge in [-0.15, -0.1) is 0 Å². The number of allylic oxidation sites excluding steroid dienone is 2. The number of fused-ring (bicyclic) bond motifs is 4. The maximum absolute atomic E-state index is 14.1. The van der Waals surface area contributed by atoms with E-state index < -0.39 is 11.7 Å². The van der Waals surface area contributed by atoms with Gasteiger partial charge in [-0.3, -0.25) is 0 Å². The van der Waals surface area contributed by atoms with Crippen LogP contribution >= 0.6 is 0 Å². The molecule has 62 heavy (non-hydrogen) atoms. The highest BCUT2D eigenvalue weighted by Gasteiger charge is 2.35. The van der Waals surface area contributed by atoms with Gasteiger partial charge in [-0.25, -0.2) is 0 Å². The number of rotatable bonds is 9. The van der Waals surface area contributed by atoms with Crippen molar-refractivity contribution in [3.05, 3.63) is 229 Å². The van der Waals surface area contributed by atoms with Crippen LogP contribution in [0.25, 0.3) is 72.4 Å². The highest BCUT2D eigenvalue weighted by atomic mass is 19.4. The van der Waals surface area contributed by atoms with Gasteiger partial charge in [0, 0.05) is 38.9 Å². The Labute approximate surface area is 357 Å². The van der Waals surface area contributed by atoms with Crippen LogP contribution in [0.15, 0.2) is 211 Å². The minimum atomic E-state index is -4.56. The lowest BCUT2D eigenvalue weighted by atomic mass is 10.0. The molecule has 8 aromatic carbocycles. The fourth-order valence-electron chi connectivity index (χ4n) is 8.50. The molecule has 10 aromatic rings. The number of nitrogens with zero attached hydrogens (tertiary/aromatic N) is 2. The molecule has 2 aromatic heterocycles. The van der Waals surface area contributed by atoms with Crippen LogP contribution in [0.1, 0.15) is 22.4 Å². The molecule has 0 atom stereocenters. The molecule has 0 saturated carbocycles. The van der Waals surface area contributed by atoms with E-state index in [4.69, 9.17) is 4.42 Å². The Morgan fingerprint density at radius 1 is 0.532 bits per heavy atom. The minimum Gasteiger partial charge on any atom is -0.453 e. The second-order valence-corrected chi connectivity index (χ2v) is 15.4. The standard InChI is InChI=1S/C56H39F3N2O/c1-37(23-36-51-38(2)47-17-9-10-21-52(47)61(51)53-22-12-19-49-48-18-11-20-50(56(57,58)59)54(48)62-55(49)53)39-24-30-44(31-25-39)60(45-32-26-42(27-33-45)40-13-5-3-6-14-40)46-34-28-43(29-35-46)41-15-7-4-8-16-41/h3-36H,1H2,2H3/b36-23-. The van der Waals surface area contributed by atoms with Crippen molar-refractivity contribution >= 4 is 61.6 Å². The first-order valence-electron chi connectivity index (χ1n) is 20.4. The van der Waals surface area contributed by atoms with E-state index >= 15 is 0 Å². The van der Waals surface area contributed by atoms with Crippen molar-refractivity contribution in [3.63, 3.8) is 0 Å². The minimum absolute atomic E-state index is 0.170. The summed E-state index contributed by atoms with van der Waals surface area (Å²) < 4.78 is 50.6. The second kappa shape index (κ2) is 15.6. The third-order valence-electron chi connectivity index (χ3n) is 11.6. The molecule has 2 heterocycles. The van der Waals surface area contributed by atoms with Crippen LogP contribution in [-0.2, 0) is 6.18 Å². The highest BCUT2D eigenvalue weighted by Crippen LogP contribution is 2.42. The third kappa shape index (κ3) is 6.95. The molecular formula is C56H39F3N2O. The molecule has 0 fully saturated rings. The summed E-state index contributed by atoms with van der Waals surface area (Å²) in [6.07, 6.45) is -0.532. The Hall–Kier alpha value is -7.83. The maximum Gasteiger partial charge on any atom is 0.420 e. The molecule has 0 aliphatic heterocycles. The normalized spacial score (nSPS) is 11.9. The Bertz CT molecular complexity index is 3190. The molecule has 0 bridgehead atoms. The summed E-state index contributed by atoms with van der Waals surface area (Å²) in [5, 5.41) is 2.07. The summed E-state index contributed by atoms with van der Waals surface area (Å²) in [4.78, 5) is 2.25. The van der Waals surface area contributed by atoms with Gasteiger partial charge in [-0.1, -0.05) is 152 Å². The van der Waals surface area contributed by atoms with Gasteiger partial charge in [0.15, 0.2) is 5.58 Å². The van der Waals surface area contributed by atoms with E-state index in [1.165, 1.54) is 6.07 Å². The van der Waals surface area contributed by atoms with Crippen LogP contribution in [0.2, 0.25) is 0 Å². The molecule has 0 spiro atoms.